The summed E-state index contributed by atoms with van der Waals surface area (Å²) >= 11 is 2.02. The van der Waals surface area contributed by atoms with Crippen LogP contribution in [0, 0.1) is 5.92 Å². The number of nitrogens with one attached hydrogen (secondary N) is 1. The van der Waals surface area contributed by atoms with Gasteiger partial charge in [0.1, 0.15) is 5.60 Å². The summed E-state index contributed by atoms with van der Waals surface area (Å²) in [4.78, 5) is 3.09. The summed E-state index contributed by atoms with van der Waals surface area (Å²) in [6.45, 7) is 10.1. The molecule has 1 N–H and O–H groups in total. The number of hydrogen-bond acceptors (Lipinski definition) is 3. The standard InChI is InChI=1S/C17H27NOS/c1-11(2)7-15-8-14-5-6-19-17(16(14)20-15)9-12(3)18-13(4)10-17/h8,11-13,18H,5-7,9-10H2,1-4H3/t12-,13+,17-. The highest BCUT2D eigenvalue weighted by Gasteiger charge is 2.44. The van der Waals surface area contributed by atoms with Gasteiger partial charge in [-0.1, -0.05) is 13.8 Å². The van der Waals surface area contributed by atoms with E-state index in [0.29, 0.717) is 12.1 Å². The lowest BCUT2D eigenvalue weighted by Crippen LogP contribution is -2.52. The molecule has 0 aromatic carbocycles. The molecule has 1 aromatic heterocycles. The van der Waals surface area contributed by atoms with Crippen LogP contribution < -0.4 is 5.32 Å². The maximum atomic E-state index is 6.36. The Morgan fingerprint density at radius 3 is 2.70 bits per heavy atom. The molecule has 0 saturated carbocycles. The lowest BCUT2D eigenvalue weighted by atomic mass is 9.80. The minimum Gasteiger partial charge on any atom is -0.369 e. The zero-order chi connectivity index (χ0) is 14.3. The Balaban J connectivity index is 1.94. The Bertz CT molecular complexity index is 469. The fourth-order valence-corrected chi connectivity index (χ4v) is 5.55. The number of fused-ring (bicyclic) bond motifs is 2. The Morgan fingerprint density at radius 2 is 2.05 bits per heavy atom. The fraction of sp³-hybridized carbons (Fsp3) is 0.765. The Kier molecular flexibility index (Phi) is 3.95. The summed E-state index contributed by atoms with van der Waals surface area (Å²) in [5.41, 5.74) is 1.57. The van der Waals surface area contributed by atoms with Crippen molar-refractivity contribution in [3.63, 3.8) is 0 Å². The summed E-state index contributed by atoms with van der Waals surface area (Å²) in [7, 11) is 0. The fourth-order valence-electron chi connectivity index (χ4n) is 3.96. The van der Waals surface area contributed by atoms with Gasteiger partial charge in [0.2, 0.25) is 0 Å². The second-order valence-electron chi connectivity index (χ2n) is 7.13. The molecule has 2 aliphatic heterocycles. The largest absolute Gasteiger partial charge is 0.369 e. The number of piperidine rings is 1. The summed E-state index contributed by atoms with van der Waals surface area (Å²) in [5.74, 6) is 0.734. The molecule has 0 aliphatic carbocycles. The predicted octanol–water partition coefficient (Wildman–Crippen LogP) is 3.88. The monoisotopic (exact) mass is 293 g/mol. The van der Waals surface area contributed by atoms with Crippen LogP contribution in [0.25, 0.3) is 0 Å². The number of rotatable bonds is 2. The molecular weight excluding hydrogens is 266 g/mol. The van der Waals surface area contributed by atoms with Gasteiger partial charge in [-0.15, -0.1) is 11.3 Å². The first-order valence-electron chi connectivity index (χ1n) is 8.00. The van der Waals surface area contributed by atoms with Crippen LogP contribution in [0.4, 0.5) is 0 Å². The normalized spacial score (nSPS) is 33.6. The molecule has 0 radical (unpaired) electrons. The summed E-state index contributed by atoms with van der Waals surface area (Å²) < 4.78 is 6.36. The number of hydrogen-bond donors (Lipinski definition) is 1. The topological polar surface area (TPSA) is 21.3 Å². The molecule has 1 saturated heterocycles. The molecule has 1 spiro atoms. The number of thiophene rings is 1. The van der Waals surface area contributed by atoms with E-state index in [4.69, 9.17) is 4.74 Å². The van der Waals surface area contributed by atoms with Crippen LogP contribution in [0.2, 0.25) is 0 Å². The van der Waals surface area contributed by atoms with Crippen molar-refractivity contribution in [1.29, 1.82) is 0 Å². The van der Waals surface area contributed by atoms with Crippen molar-refractivity contribution in [3.05, 3.63) is 21.4 Å². The van der Waals surface area contributed by atoms with Crippen molar-refractivity contribution in [2.24, 2.45) is 5.92 Å². The molecule has 112 valence electrons. The van der Waals surface area contributed by atoms with E-state index in [1.54, 1.807) is 15.3 Å². The highest BCUT2D eigenvalue weighted by atomic mass is 32.1. The Morgan fingerprint density at radius 1 is 1.35 bits per heavy atom. The molecule has 3 rings (SSSR count). The van der Waals surface area contributed by atoms with Crippen LogP contribution in [-0.2, 0) is 23.2 Å². The van der Waals surface area contributed by atoms with Crippen molar-refractivity contribution in [3.8, 4) is 0 Å². The van der Waals surface area contributed by atoms with Gasteiger partial charge >= 0.3 is 0 Å². The Hall–Kier alpha value is -0.380. The van der Waals surface area contributed by atoms with E-state index in [1.807, 2.05) is 11.3 Å². The van der Waals surface area contributed by atoms with E-state index < -0.39 is 0 Å². The molecular formula is C17H27NOS. The van der Waals surface area contributed by atoms with Crippen LogP contribution >= 0.6 is 11.3 Å². The first-order chi connectivity index (χ1) is 9.48. The zero-order valence-electron chi connectivity index (χ0n) is 13.2. The quantitative estimate of drug-likeness (QED) is 0.893. The smallest absolute Gasteiger partial charge is 0.105 e. The van der Waals surface area contributed by atoms with Crippen LogP contribution in [0.5, 0.6) is 0 Å². The maximum absolute atomic E-state index is 6.36. The average Bonchev–Trinajstić information content (AvgIpc) is 2.70. The minimum atomic E-state index is -0.00242. The van der Waals surface area contributed by atoms with Crippen LogP contribution in [0.15, 0.2) is 6.07 Å². The summed E-state index contributed by atoms with van der Waals surface area (Å²) in [5, 5.41) is 3.65. The van der Waals surface area contributed by atoms with Gasteiger partial charge < -0.3 is 10.1 Å². The molecule has 3 heterocycles. The first-order valence-corrected chi connectivity index (χ1v) is 8.82. The average molecular weight is 293 g/mol. The van der Waals surface area contributed by atoms with Crippen molar-refractivity contribution >= 4 is 11.3 Å². The predicted molar refractivity (Wildman–Crippen MR) is 85.5 cm³/mol. The maximum Gasteiger partial charge on any atom is 0.105 e. The molecule has 1 aromatic rings. The molecule has 0 amide bonds. The molecule has 3 atom stereocenters. The van der Waals surface area contributed by atoms with Crippen LogP contribution in [0.1, 0.15) is 55.9 Å². The lowest BCUT2D eigenvalue weighted by molar-refractivity contribution is -0.0932. The van der Waals surface area contributed by atoms with Gasteiger partial charge in [0.25, 0.3) is 0 Å². The van der Waals surface area contributed by atoms with Gasteiger partial charge in [-0.2, -0.15) is 0 Å². The van der Waals surface area contributed by atoms with Crippen molar-refractivity contribution in [2.45, 2.75) is 71.1 Å². The third-order valence-corrected chi connectivity index (χ3v) is 5.86. The van der Waals surface area contributed by atoms with Gasteiger partial charge in [0, 0.05) is 21.8 Å². The van der Waals surface area contributed by atoms with E-state index in [-0.39, 0.29) is 5.60 Å². The van der Waals surface area contributed by atoms with Gasteiger partial charge in [0.15, 0.2) is 0 Å². The Labute approximate surface area is 126 Å². The van der Waals surface area contributed by atoms with Crippen LogP contribution in [-0.4, -0.2) is 18.7 Å². The van der Waals surface area contributed by atoms with Gasteiger partial charge in [0.05, 0.1) is 6.61 Å². The molecule has 2 aliphatic rings. The molecule has 3 heteroatoms. The molecule has 0 unspecified atom stereocenters. The zero-order valence-corrected chi connectivity index (χ0v) is 14.0. The molecule has 1 fully saturated rings. The lowest BCUT2D eigenvalue weighted by Gasteiger charge is -2.45. The van der Waals surface area contributed by atoms with Gasteiger partial charge in [-0.25, -0.2) is 0 Å². The molecule has 0 bridgehead atoms. The number of ether oxygens (including phenoxy) is 1. The molecule has 2 nitrogen and oxygen atoms in total. The van der Waals surface area contributed by atoms with Crippen LogP contribution in [0.3, 0.4) is 0 Å². The van der Waals surface area contributed by atoms with Crippen molar-refractivity contribution < 1.29 is 4.74 Å². The van der Waals surface area contributed by atoms with E-state index in [2.05, 4.69) is 39.1 Å². The van der Waals surface area contributed by atoms with Crippen molar-refractivity contribution in [1.82, 2.24) is 5.32 Å². The second kappa shape index (κ2) is 5.43. The third-order valence-electron chi connectivity index (χ3n) is 4.47. The van der Waals surface area contributed by atoms with Crippen molar-refractivity contribution in [2.75, 3.05) is 6.61 Å². The van der Waals surface area contributed by atoms with E-state index in [9.17, 15) is 0 Å². The van der Waals surface area contributed by atoms with E-state index in [1.165, 1.54) is 6.42 Å². The SMILES string of the molecule is CC(C)Cc1cc2c(s1)[C@]1(C[C@@H](C)N[C@@H](C)C1)OCC2. The first kappa shape index (κ1) is 14.6. The highest BCUT2D eigenvalue weighted by molar-refractivity contribution is 7.12. The van der Waals surface area contributed by atoms with Gasteiger partial charge in [-0.05, 0) is 57.1 Å². The summed E-state index contributed by atoms with van der Waals surface area (Å²) in [6.07, 6.45) is 4.54. The van der Waals surface area contributed by atoms with E-state index >= 15 is 0 Å². The molecule has 20 heavy (non-hydrogen) atoms. The highest BCUT2D eigenvalue weighted by Crippen LogP contribution is 2.46. The summed E-state index contributed by atoms with van der Waals surface area (Å²) in [6, 6.07) is 3.54. The van der Waals surface area contributed by atoms with E-state index in [0.717, 1.165) is 31.8 Å². The van der Waals surface area contributed by atoms with Gasteiger partial charge in [-0.3, -0.25) is 0 Å². The third kappa shape index (κ3) is 2.68. The minimum absolute atomic E-state index is 0.00242. The second-order valence-corrected chi connectivity index (χ2v) is 8.27.